The maximum atomic E-state index is 6.01. The first-order chi connectivity index (χ1) is 7.65. The molecule has 0 atom stereocenters. The van der Waals surface area contributed by atoms with Crippen molar-refractivity contribution in [2.45, 2.75) is 6.92 Å². The molecule has 1 aromatic carbocycles. The summed E-state index contributed by atoms with van der Waals surface area (Å²) in [5.41, 5.74) is 7.35. The van der Waals surface area contributed by atoms with Crippen LogP contribution < -0.4 is 11.1 Å². The van der Waals surface area contributed by atoms with Gasteiger partial charge in [-0.3, -0.25) is 0 Å². The van der Waals surface area contributed by atoms with Gasteiger partial charge in [0.25, 0.3) is 0 Å². The zero-order valence-corrected chi connectivity index (χ0v) is 9.49. The average Bonchev–Trinajstić information content (AvgIpc) is 2.27. The van der Waals surface area contributed by atoms with Crippen LogP contribution in [0.4, 0.5) is 17.3 Å². The van der Waals surface area contributed by atoms with Gasteiger partial charge in [0.1, 0.15) is 11.6 Å². The first-order valence-electron chi connectivity index (χ1n) is 4.76. The molecule has 0 aliphatic heterocycles. The van der Waals surface area contributed by atoms with Gasteiger partial charge in [-0.25, -0.2) is 9.97 Å². The number of rotatable bonds is 2. The van der Waals surface area contributed by atoms with E-state index in [1.165, 1.54) is 6.20 Å². The van der Waals surface area contributed by atoms with Crippen molar-refractivity contribution < 1.29 is 0 Å². The average molecular weight is 235 g/mol. The molecular formula is C11H11ClN4. The van der Waals surface area contributed by atoms with Gasteiger partial charge in [0.15, 0.2) is 0 Å². The molecule has 0 bridgehead atoms. The van der Waals surface area contributed by atoms with Crippen LogP contribution in [0.2, 0.25) is 5.02 Å². The van der Waals surface area contributed by atoms with E-state index in [4.69, 9.17) is 17.3 Å². The fourth-order valence-corrected chi connectivity index (χ4v) is 1.40. The maximum absolute atomic E-state index is 6.01. The number of hydrogen-bond acceptors (Lipinski definition) is 4. The van der Waals surface area contributed by atoms with E-state index in [1.54, 1.807) is 6.20 Å². The van der Waals surface area contributed by atoms with E-state index in [0.29, 0.717) is 16.7 Å². The third-order valence-corrected chi connectivity index (χ3v) is 2.52. The summed E-state index contributed by atoms with van der Waals surface area (Å²) in [5.74, 6) is 1.03. The topological polar surface area (TPSA) is 63.8 Å². The normalized spacial score (nSPS) is 10.1. The van der Waals surface area contributed by atoms with Gasteiger partial charge < -0.3 is 11.1 Å². The van der Waals surface area contributed by atoms with Crippen LogP contribution in [0.25, 0.3) is 0 Å². The molecule has 5 heteroatoms. The Labute approximate surface area is 98.5 Å². The van der Waals surface area contributed by atoms with Gasteiger partial charge in [0.2, 0.25) is 0 Å². The number of nitrogens with one attached hydrogen (secondary N) is 1. The van der Waals surface area contributed by atoms with Gasteiger partial charge in [-0.15, -0.1) is 0 Å². The molecule has 0 unspecified atom stereocenters. The highest BCUT2D eigenvalue weighted by Crippen LogP contribution is 2.22. The second kappa shape index (κ2) is 4.37. The fourth-order valence-electron chi connectivity index (χ4n) is 1.22. The van der Waals surface area contributed by atoms with Crippen LogP contribution in [0, 0.1) is 6.92 Å². The second-order valence-electron chi connectivity index (χ2n) is 3.42. The van der Waals surface area contributed by atoms with Crippen molar-refractivity contribution >= 4 is 28.9 Å². The predicted octanol–water partition coefficient (Wildman–Crippen LogP) is 2.76. The Balaban J connectivity index is 2.20. The Bertz CT molecular complexity index is 496. The lowest BCUT2D eigenvalue weighted by atomic mass is 10.2. The van der Waals surface area contributed by atoms with Crippen molar-refractivity contribution in [3.63, 3.8) is 0 Å². The molecule has 1 aromatic heterocycles. The molecule has 2 aromatic rings. The summed E-state index contributed by atoms with van der Waals surface area (Å²) in [6.07, 6.45) is 3.07. The molecule has 4 nitrogen and oxygen atoms in total. The molecule has 82 valence electrons. The van der Waals surface area contributed by atoms with E-state index in [2.05, 4.69) is 15.3 Å². The highest BCUT2D eigenvalue weighted by Gasteiger charge is 1.99. The van der Waals surface area contributed by atoms with Crippen LogP contribution in [0.15, 0.2) is 30.6 Å². The summed E-state index contributed by atoms with van der Waals surface area (Å²) in [5, 5.41) is 3.80. The summed E-state index contributed by atoms with van der Waals surface area (Å²) in [7, 11) is 0. The minimum absolute atomic E-state index is 0.396. The van der Waals surface area contributed by atoms with E-state index in [1.807, 2.05) is 25.1 Å². The van der Waals surface area contributed by atoms with E-state index < -0.39 is 0 Å². The summed E-state index contributed by atoms with van der Waals surface area (Å²) < 4.78 is 0. The van der Waals surface area contributed by atoms with Crippen molar-refractivity contribution in [2.24, 2.45) is 0 Å². The Morgan fingerprint density at radius 3 is 2.69 bits per heavy atom. The van der Waals surface area contributed by atoms with Crippen molar-refractivity contribution in [2.75, 3.05) is 11.1 Å². The smallest absolute Gasteiger partial charge is 0.149 e. The second-order valence-corrected chi connectivity index (χ2v) is 3.82. The highest BCUT2D eigenvalue weighted by molar-refractivity contribution is 6.31. The number of nitrogen functional groups attached to an aromatic ring is 1. The van der Waals surface area contributed by atoms with E-state index in [9.17, 15) is 0 Å². The Hall–Kier alpha value is -1.81. The van der Waals surface area contributed by atoms with Gasteiger partial charge in [-0.1, -0.05) is 17.7 Å². The van der Waals surface area contributed by atoms with Crippen LogP contribution in [-0.4, -0.2) is 9.97 Å². The zero-order valence-electron chi connectivity index (χ0n) is 8.74. The number of aromatic nitrogens is 2. The molecular weight excluding hydrogens is 224 g/mol. The van der Waals surface area contributed by atoms with Gasteiger partial charge >= 0.3 is 0 Å². The van der Waals surface area contributed by atoms with Crippen molar-refractivity contribution in [3.8, 4) is 0 Å². The minimum Gasteiger partial charge on any atom is -0.382 e. The molecule has 0 aliphatic rings. The van der Waals surface area contributed by atoms with Crippen LogP contribution in [0.5, 0.6) is 0 Å². The Kier molecular flexibility index (Phi) is 2.92. The third-order valence-electron chi connectivity index (χ3n) is 2.12. The minimum atomic E-state index is 0.396. The molecule has 0 radical (unpaired) electrons. The van der Waals surface area contributed by atoms with E-state index in [0.717, 1.165) is 11.3 Å². The van der Waals surface area contributed by atoms with Gasteiger partial charge in [-0.05, 0) is 24.6 Å². The Morgan fingerprint density at radius 1 is 1.25 bits per heavy atom. The molecule has 0 amide bonds. The fraction of sp³-hybridized carbons (Fsp3) is 0.0909. The first kappa shape index (κ1) is 10.7. The number of benzene rings is 1. The van der Waals surface area contributed by atoms with Crippen LogP contribution in [-0.2, 0) is 0 Å². The van der Waals surface area contributed by atoms with Gasteiger partial charge in [0.05, 0.1) is 12.4 Å². The number of aryl methyl sites for hydroxylation is 1. The first-order valence-corrected chi connectivity index (χ1v) is 5.13. The maximum Gasteiger partial charge on any atom is 0.149 e. The molecule has 3 N–H and O–H groups in total. The van der Waals surface area contributed by atoms with Crippen LogP contribution in [0.3, 0.4) is 0 Å². The number of nitrogens with two attached hydrogens (primary N) is 1. The zero-order chi connectivity index (χ0) is 11.5. The number of nitrogens with zero attached hydrogens (tertiary/aromatic N) is 2. The molecule has 0 spiro atoms. The summed E-state index contributed by atoms with van der Waals surface area (Å²) in [4.78, 5) is 8.02. The molecule has 0 saturated heterocycles. The predicted molar refractivity (Wildman–Crippen MR) is 65.9 cm³/mol. The van der Waals surface area contributed by atoms with Crippen molar-refractivity contribution in [1.29, 1.82) is 0 Å². The van der Waals surface area contributed by atoms with Gasteiger partial charge in [-0.2, -0.15) is 0 Å². The molecule has 0 saturated carbocycles. The number of halogens is 1. The van der Waals surface area contributed by atoms with Crippen molar-refractivity contribution in [3.05, 3.63) is 41.2 Å². The standard InChI is InChI=1S/C11H11ClN4/c1-7-2-3-8(4-9(7)12)16-11-6-14-10(13)5-15-11/h2-6H,1H3,(H2,13,14)(H,15,16). The third kappa shape index (κ3) is 2.41. The van der Waals surface area contributed by atoms with Crippen molar-refractivity contribution in [1.82, 2.24) is 9.97 Å². The SMILES string of the molecule is Cc1ccc(Nc2cnc(N)cn2)cc1Cl. The lowest BCUT2D eigenvalue weighted by molar-refractivity contribution is 1.21. The summed E-state index contributed by atoms with van der Waals surface area (Å²) in [6.45, 7) is 1.95. The summed E-state index contributed by atoms with van der Waals surface area (Å²) in [6, 6.07) is 5.71. The van der Waals surface area contributed by atoms with E-state index >= 15 is 0 Å². The molecule has 0 aliphatic carbocycles. The monoisotopic (exact) mass is 234 g/mol. The molecule has 16 heavy (non-hydrogen) atoms. The lowest BCUT2D eigenvalue weighted by Crippen LogP contribution is -1.97. The van der Waals surface area contributed by atoms with Crippen LogP contribution >= 0.6 is 11.6 Å². The van der Waals surface area contributed by atoms with Crippen LogP contribution in [0.1, 0.15) is 5.56 Å². The molecule has 0 fully saturated rings. The molecule has 1 heterocycles. The number of anilines is 3. The van der Waals surface area contributed by atoms with E-state index in [-0.39, 0.29) is 0 Å². The summed E-state index contributed by atoms with van der Waals surface area (Å²) >= 11 is 6.01. The largest absolute Gasteiger partial charge is 0.382 e. The van der Waals surface area contributed by atoms with Gasteiger partial charge in [0, 0.05) is 10.7 Å². The quantitative estimate of drug-likeness (QED) is 0.839. The lowest BCUT2D eigenvalue weighted by Gasteiger charge is -2.06. The molecule has 2 rings (SSSR count). The number of hydrogen-bond donors (Lipinski definition) is 2. The highest BCUT2D eigenvalue weighted by atomic mass is 35.5. The Morgan fingerprint density at radius 2 is 2.06 bits per heavy atom.